The molecule has 0 saturated heterocycles. The molecule has 1 aromatic heterocycles. The molecule has 0 saturated carbocycles. The van der Waals surface area contributed by atoms with E-state index in [2.05, 4.69) is 10.3 Å². The number of carbonyl (C=O) groups is 1. The Morgan fingerprint density at radius 2 is 2.11 bits per heavy atom. The van der Waals surface area contributed by atoms with Gasteiger partial charge in [-0.2, -0.15) is 0 Å². The Balaban J connectivity index is 2.21. The van der Waals surface area contributed by atoms with Gasteiger partial charge in [-0.3, -0.25) is 4.79 Å². The van der Waals surface area contributed by atoms with Crippen LogP contribution in [0.25, 0.3) is 0 Å². The van der Waals surface area contributed by atoms with Gasteiger partial charge in [0.2, 0.25) is 0 Å². The maximum atomic E-state index is 13.0. The third-order valence-electron chi connectivity index (χ3n) is 2.22. The largest absolute Gasteiger partial charge is 0.397 e. The van der Waals surface area contributed by atoms with E-state index < -0.39 is 11.7 Å². The summed E-state index contributed by atoms with van der Waals surface area (Å²) >= 11 is 5.66. The lowest BCUT2D eigenvalue weighted by molar-refractivity contribution is 0.102. The monoisotopic (exact) mass is 265 g/mol. The third-order valence-corrected chi connectivity index (χ3v) is 2.45. The summed E-state index contributed by atoms with van der Waals surface area (Å²) in [5.41, 5.74) is 6.27. The molecule has 0 aliphatic carbocycles. The van der Waals surface area contributed by atoms with E-state index in [1.807, 2.05) is 0 Å². The average molecular weight is 266 g/mol. The number of nitrogens with zero attached hydrogens (tertiary/aromatic N) is 1. The van der Waals surface area contributed by atoms with Gasteiger partial charge in [0, 0.05) is 6.20 Å². The Labute approximate surface area is 108 Å². The lowest BCUT2D eigenvalue weighted by Gasteiger charge is -2.07. The number of benzene rings is 1. The van der Waals surface area contributed by atoms with Crippen molar-refractivity contribution in [2.24, 2.45) is 0 Å². The van der Waals surface area contributed by atoms with E-state index in [4.69, 9.17) is 17.3 Å². The molecule has 0 atom stereocenters. The van der Waals surface area contributed by atoms with Gasteiger partial charge in [0.25, 0.3) is 5.91 Å². The van der Waals surface area contributed by atoms with Gasteiger partial charge in [0.15, 0.2) is 0 Å². The van der Waals surface area contributed by atoms with Crippen molar-refractivity contribution >= 4 is 28.9 Å². The molecule has 2 aromatic rings. The number of nitrogens with two attached hydrogens (primary N) is 1. The Morgan fingerprint density at radius 3 is 2.78 bits per heavy atom. The zero-order valence-corrected chi connectivity index (χ0v) is 9.91. The highest BCUT2D eigenvalue weighted by Crippen LogP contribution is 2.20. The normalized spacial score (nSPS) is 10.1. The molecule has 4 nitrogen and oxygen atoms in total. The maximum absolute atomic E-state index is 13.0. The summed E-state index contributed by atoms with van der Waals surface area (Å²) in [6, 6.07) is 6.74. The predicted octanol–water partition coefficient (Wildman–Crippen LogP) is 2.71. The van der Waals surface area contributed by atoms with Gasteiger partial charge in [0.05, 0.1) is 16.4 Å². The van der Waals surface area contributed by atoms with E-state index in [1.54, 1.807) is 6.07 Å². The fourth-order valence-corrected chi connectivity index (χ4v) is 1.45. The first kappa shape index (κ1) is 12.3. The molecule has 18 heavy (non-hydrogen) atoms. The summed E-state index contributed by atoms with van der Waals surface area (Å²) in [4.78, 5) is 15.6. The Bertz CT molecular complexity index is 586. The summed E-state index contributed by atoms with van der Waals surface area (Å²) in [5.74, 6) is -0.965. The summed E-state index contributed by atoms with van der Waals surface area (Å²) in [6.07, 6.45) is 1.35. The number of carbonyl (C=O) groups excluding carboxylic acids is 1. The molecule has 0 aliphatic rings. The van der Waals surface area contributed by atoms with Crippen LogP contribution in [0.2, 0.25) is 5.02 Å². The number of anilines is 2. The molecular formula is C12H9ClFN3O. The average Bonchev–Trinajstić information content (AvgIpc) is 2.34. The lowest BCUT2D eigenvalue weighted by Crippen LogP contribution is -2.14. The highest BCUT2D eigenvalue weighted by molar-refractivity contribution is 6.30. The second-order valence-corrected chi connectivity index (χ2v) is 3.98. The number of hydrogen-bond acceptors (Lipinski definition) is 3. The number of aromatic nitrogens is 1. The van der Waals surface area contributed by atoms with Gasteiger partial charge in [0.1, 0.15) is 11.5 Å². The minimum absolute atomic E-state index is 0.170. The lowest BCUT2D eigenvalue weighted by atomic mass is 10.2. The van der Waals surface area contributed by atoms with Gasteiger partial charge in [-0.05, 0) is 30.3 Å². The van der Waals surface area contributed by atoms with Crippen molar-refractivity contribution in [1.82, 2.24) is 4.98 Å². The van der Waals surface area contributed by atoms with Crippen molar-refractivity contribution in [3.8, 4) is 0 Å². The van der Waals surface area contributed by atoms with Crippen LogP contribution >= 0.6 is 11.6 Å². The van der Waals surface area contributed by atoms with Crippen molar-refractivity contribution in [2.75, 3.05) is 11.1 Å². The van der Waals surface area contributed by atoms with Crippen LogP contribution in [0.1, 0.15) is 10.5 Å². The first-order chi connectivity index (χ1) is 8.56. The van der Waals surface area contributed by atoms with Crippen molar-refractivity contribution in [1.29, 1.82) is 0 Å². The van der Waals surface area contributed by atoms with Crippen LogP contribution in [0.4, 0.5) is 15.8 Å². The van der Waals surface area contributed by atoms with Crippen molar-refractivity contribution in [3.05, 3.63) is 53.1 Å². The fourth-order valence-electron chi connectivity index (χ4n) is 1.33. The molecule has 1 aromatic carbocycles. The highest BCUT2D eigenvalue weighted by atomic mass is 35.5. The van der Waals surface area contributed by atoms with Crippen LogP contribution in [0.3, 0.4) is 0 Å². The first-order valence-corrected chi connectivity index (χ1v) is 5.42. The molecule has 6 heteroatoms. The number of rotatable bonds is 2. The van der Waals surface area contributed by atoms with Crippen molar-refractivity contribution in [2.45, 2.75) is 0 Å². The Kier molecular flexibility index (Phi) is 3.43. The molecule has 2 rings (SSSR count). The molecule has 0 aliphatic heterocycles. The SMILES string of the molecule is Nc1ccc(F)cc1NC(=O)c1ccc(Cl)cn1. The topological polar surface area (TPSA) is 68.0 Å². The zero-order chi connectivity index (χ0) is 13.1. The second kappa shape index (κ2) is 5.01. The zero-order valence-electron chi connectivity index (χ0n) is 9.15. The van der Waals surface area contributed by atoms with E-state index in [0.717, 1.165) is 6.07 Å². The molecule has 1 amide bonds. The van der Waals surface area contributed by atoms with Crippen LogP contribution in [0, 0.1) is 5.82 Å². The van der Waals surface area contributed by atoms with E-state index >= 15 is 0 Å². The summed E-state index contributed by atoms with van der Waals surface area (Å²) < 4.78 is 13.0. The molecule has 0 radical (unpaired) electrons. The smallest absolute Gasteiger partial charge is 0.274 e. The van der Waals surface area contributed by atoms with Gasteiger partial charge in [-0.25, -0.2) is 9.37 Å². The van der Waals surface area contributed by atoms with Crippen molar-refractivity contribution < 1.29 is 9.18 Å². The first-order valence-electron chi connectivity index (χ1n) is 5.04. The van der Waals surface area contributed by atoms with Crippen LogP contribution < -0.4 is 11.1 Å². The van der Waals surface area contributed by atoms with E-state index in [9.17, 15) is 9.18 Å². The molecule has 0 unspecified atom stereocenters. The summed E-state index contributed by atoms with van der Waals surface area (Å²) in [5, 5.41) is 2.90. The maximum Gasteiger partial charge on any atom is 0.274 e. The number of hydrogen-bond donors (Lipinski definition) is 2. The minimum atomic E-state index is -0.483. The van der Waals surface area contributed by atoms with E-state index in [0.29, 0.717) is 5.02 Å². The molecule has 0 spiro atoms. The minimum Gasteiger partial charge on any atom is -0.397 e. The van der Waals surface area contributed by atoms with Crippen LogP contribution in [0.15, 0.2) is 36.5 Å². The summed E-state index contributed by atoms with van der Waals surface area (Å²) in [7, 11) is 0. The Hall–Kier alpha value is -2.14. The molecule has 1 heterocycles. The number of amides is 1. The molecule has 0 fully saturated rings. The Morgan fingerprint density at radius 1 is 1.33 bits per heavy atom. The van der Waals surface area contributed by atoms with Crippen molar-refractivity contribution in [3.63, 3.8) is 0 Å². The molecule has 92 valence electrons. The number of halogens is 2. The van der Waals surface area contributed by atoms with Gasteiger partial charge in [-0.1, -0.05) is 11.6 Å². The highest BCUT2D eigenvalue weighted by Gasteiger charge is 2.09. The van der Waals surface area contributed by atoms with Crippen LogP contribution in [0.5, 0.6) is 0 Å². The van der Waals surface area contributed by atoms with Gasteiger partial charge >= 0.3 is 0 Å². The van der Waals surface area contributed by atoms with Crippen LogP contribution in [-0.2, 0) is 0 Å². The fraction of sp³-hybridized carbons (Fsp3) is 0. The predicted molar refractivity (Wildman–Crippen MR) is 68.0 cm³/mol. The quantitative estimate of drug-likeness (QED) is 0.821. The second-order valence-electron chi connectivity index (χ2n) is 3.55. The molecular weight excluding hydrogens is 257 g/mol. The van der Waals surface area contributed by atoms with Gasteiger partial charge in [-0.15, -0.1) is 0 Å². The standard InChI is InChI=1S/C12H9ClFN3O/c13-7-1-4-10(16-6-7)12(18)17-11-5-8(14)2-3-9(11)15/h1-6H,15H2,(H,17,18). The van der Waals surface area contributed by atoms with E-state index in [1.165, 1.54) is 24.4 Å². The molecule has 3 N–H and O–H groups in total. The summed E-state index contributed by atoms with van der Waals surface area (Å²) in [6.45, 7) is 0. The third kappa shape index (κ3) is 2.75. The number of nitrogen functional groups attached to an aromatic ring is 1. The number of nitrogens with one attached hydrogen (secondary N) is 1. The van der Waals surface area contributed by atoms with Gasteiger partial charge < -0.3 is 11.1 Å². The van der Waals surface area contributed by atoms with Crippen LogP contribution in [-0.4, -0.2) is 10.9 Å². The van der Waals surface area contributed by atoms with E-state index in [-0.39, 0.29) is 17.1 Å². The number of pyridine rings is 1. The molecule has 0 bridgehead atoms.